The van der Waals surface area contributed by atoms with E-state index in [0.29, 0.717) is 12.1 Å². The van der Waals surface area contributed by atoms with Crippen LogP contribution < -0.4 is 10.6 Å². The Bertz CT molecular complexity index is 467. The van der Waals surface area contributed by atoms with Gasteiger partial charge in [0.1, 0.15) is 6.07 Å². The predicted octanol–water partition coefficient (Wildman–Crippen LogP) is 1.22. The van der Waals surface area contributed by atoms with Crippen molar-refractivity contribution in [2.24, 2.45) is 11.7 Å². The van der Waals surface area contributed by atoms with Gasteiger partial charge in [-0.1, -0.05) is 13.0 Å². The zero-order valence-corrected chi connectivity index (χ0v) is 10.6. The summed E-state index contributed by atoms with van der Waals surface area (Å²) in [5.41, 5.74) is 8.18. The van der Waals surface area contributed by atoms with Crippen LogP contribution in [0.4, 0.5) is 5.69 Å². The molecule has 4 heteroatoms. The van der Waals surface area contributed by atoms with Crippen LogP contribution in [-0.2, 0) is 6.54 Å². The minimum Gasteiger partial charge on any atom is -0.393 e. The molecule has 3 N–H and O–H groups in total. The van der Waals surface area contributed by atoms with Gasteiger partial charge in [0, 0.05) is 19.6 Å². The summed E-state index contributed by atoms with van der Waals surface area (Å²) >= 11 is 0. The molecule has 0 amide bonds. The molecule has 1 aromatic rings. The van der Waals surface area contributed by atoms with Crippen molar-refractivity contribution in [3.05, 3.63) is 29.3 Å². The number of piperidine rings is 1. The SMILES string of the molecule is CC1CN(c2ccc(CN)cc2C#N)CCC1O. The molecular weight excluding hydrogens is 226 g/mol. The lowest BCUT2D eigenvalue weighted by atomic mass is 9.95. The second-order valence-corrected chi connectivity index (χ2v) is 4.95. The summed E-state index contributed by atoms with van der Waals surface area (Å²) in [4.78, 5) is 2.18. The van der Waals surface area contributed by atoms with Gasteiger partial charge < -0.3 is 15.7 Å². The van der Waals surface area contributed by atoms with E-state index < -0.39 is 0 Å². The van der Waals surface area contributed by atoms with Crippen LogP contribution in [0.2, 0.25) is 0 Å². The first kappa shape index (κ1) is 12.9. The maximum absolute atomic E-state index is 9.74. The highest BCUT2D eigenvalue weighted by atomic mass is 16.3. The van der Waals surface area contributed by atoms with Crippen LogP contribution in [0.1, 0.15) is 24.5 Å². The van der Waals surface area contributed by atoms with Crippen molar-refractivity contribution in [2.45, 2.75) is 26.0 Å². The first-order valence-corrected chi connectivity index (χ1v) is 6.31. The highest BCUT2D eigenvalue weighted by Gasteiger charge is 2.25. The number of aliphatic hydroxyl groups excluding tert-OH is 1. The molecule has 0 spiro atoms. The van der Waals surface area contributed by atoms with E-state index in [2.05, 4.69) is 11.0 Å². The van der Waals surface area contributed by atoms with E-state index in [-0.39, 0.29) is 12.0 Å². The maximum atomic E-state index is 9.74. The van der Waals surface area contributed by atoms with E-state index >= 15 is 0 Å². The summed E-state index contributed by atoms with van der Waals surface area (Å²) in [6, 6.07) is 8.01. The molecule has 96 valence electrons. The van der Waals surface area contributed by atoms with Crippen LogP contribution in [0, 0.1) is 17.2 Å². The molecule has 0 bridgehead atoms. The third-order valence-corrected chi connectivity index (χ3v) is 3.62. The zero-order chi connectivity index (χ0) is 13.1. The van der Waals surface area contributed by atoms with Crippen LogP contribution in [-0.4, -0.2) is 24.3 Å². The van der Waals surface area contributed by atoms with Gasteiger partial charge in [0.05, 0.1) is 17.4 Å². The maximum Gasteiger partial charge on any atom is 0.101 e. The topological polar surface area (TPSA) is 73.3 Å². The van der Waals surface area contributed by atoms with Crippen molar-refractivity contribution in [2.75, 3.05) is 18.0 Å². The van der Waals surface area contributed by atoms with Crippen molar-refractivity contribution in [3.63, 3.8) is 0 Å². The summed E-state index contributed by atoms with van der Waals surface area (Å²) < 4.78 is 0. The smallest absolute Gasteiger partial charge is 0.101 e. The van der Waals surface area contributed by atoms with Gasteiger partial charge in [0.25, 0.3) is 0 Å². The fraction of sp³-hybridized carbons (Fsp3) is 0.500. The zero-order valence-electron chi connectivity index (χ0n) is 10.6. The summed E-state index contributed by atoms with van der Waals surface area (Å²) in [6.45, 7) is 4.07. The van der Waals surface area contributed by atoms with Gasteiger partial charge in [-0.2, -0.15) is 5.26 Å². The van der Waals surface area contributed by atoms with Crippen LogP contribution in [0.15, 0.2) is 18.2 Å². The number of nitrogens with two attached hydrogens (primary N) is 1. The fourth-order valence-corrected chi connectivity index (χ4v) is 2.43. The monoisotopic (exact) mass is 245 g/mol. The Morgan fingerprint density at radius 2 is 2.33 bits per heavy atom. The summed E-state index contributed by atoms with van der Waals surface area (Å²) in [6.07, 6.45) is 0.528. The number of nitriles is 1. The molecule has 0 saturated carbocycles. The standard InChI is InChI=1S/C14H19N3O/c1-10-9-17(5-4-14(10)18)13-3-2-11(7-15)6-12(13)8-16/h2-3,6,10,14,18H,4-5,7,9,15H2,1H3. The molecule has 1 aliphatic heterocycles. The Morgan fingerprint density at radius 1 is 1.56 bits per heavy atom. The van der Waals surface area contributed by atoms with E-state index in [4.69, 9.17) is 5.73 Å². The van der Waals surface area contributed by atoms with Gasteiger partial charge in [-0.15, -0.1) is 0 Å². The minimum absolute atomic E-state index is 0.227. The molecule has 0 aromatic heterocycles. The number of benzene rings is 1. The van der Waals surface area contributed by atoms with E-state index in [9.17, 15) is 10.4 Å². The number of anilines is 1. The Morgan fingerprint density at radius 3 is 2.94 bits per heavy atom. The second-order valence-electron chi connectivity index (χ2n) is 4.95. The third-order valence-electron chi connectivity index (χ3n) is 3.62. The van der Waals surface area contributed by atoms with E-state index in [0.717, 1.165) is 30.8 Å². The number of aliphatic hydroxyl groups is 1. The van der Waals surface area contributed by atoms with Crippen LogP contribution in [0.25, 0.3) is 0 Å². The minimum atomic E-state index is -0.227. The second kappa shape index (κ2) is 5.38. The first-order chi connectivity index (χ1) is 8.65. The molecule has 1 aliphatic rings. The number of hydrogen-bond acceptors (Lipinski definition) is 4. The molecule has 1 fully saturated rings. The molecule has 18 heavy (non-hydrogen) atoms. The molecule has 1 saturated heterocycles. The van der Waals surface area contributed by atoms with Gasteiger partial charge in [-0.25, -0.2) is 0 Å². The molecule has 0 aliphatic carbocycles. The molecule has 2 rings (SSSR count). The van der Waals surface area contributed by atoms with Crippen molar-refractivity contribution in [1.29, 1.82) is 5.26 Å². The lowest BCUT2D eigenvalue weighted by Crippen LogP contribution is -2.42. The summed E-state index contributed by atoms with van der Waals surface area (Å²) in [5.74, 6) is 0.236. The first-order valence-electron chi connectivity index (χ1n) is 6.31. The van der Waals surface area contributed by atoms with Crippen LogP contribution >= 0.6 is 0 Å². The predicted molar refractivity (Wildman–Crippen MR) is 71.0 cm³/mol. The van der Waals surface area contributed by atoms with Crippen molar-refractivity contribution in [1.82, 2.24) is 0 Å². The largest absolute Gasteiger partial charge is 0.393 e. The molecule has 1 aromatic carbocycles. The van der Waals surface area contributed by atoms with Gasteiger partial charge in [-0.3, -0.25) is 0 Å². The third kappa shape index (κ3) is 2.47. The summed E-state index contributed by atoms with van der Waals surface area (Å²) in [7, 11) is 0. The normalized spacial score (nSPS) is 23.8. The lowest BCUT2D eigenvalue weighted by Gasteiger charge is -2.36. The number of nitrogens with zero attached hydrogens (tertiary/aromatic N) is 2. The average Bonchev–Trinajstić information content (AvgIpc) is 2.41. The van der Waals surface area contributed by atoms with Gasteiger partial charge in [-0.05, 0) is 30.0 Å². The molecule has 1 heterocycles. The molecule has 2 unspecified atom stereocenters. The van der Waals surface area contributed by atoms with E-state index in [1.54, 1.807) is 0 Å². The Hall–Kier alpha value is -1.57. The Labute approximate surface area is 108 Å². The van der Waals surface area contributed by atoms with E-state index in [1.165, 1.54) is 0 Å². The summed E-state index contributed by atoms with van der Waals surface area (Å²) in [5, 5.41) is 19.0. The highest BCUT2D eigenvalue weighted by Crippen LogP contribution is 2.27. The van der Waals surface area contributed by atoms with Gasteiger partial charge >= 0.3 is 0 Å². The quantitative estimate of drug-likeness (QED) is 0.821. The Balaban J connectivity index is 2.26. The van der Waals surface area contributed by atoms with E-state index in [1.807, 2.05) is 25.1 Å². The van der Waals surface area contributed by atoms with Crippen molar-refractivity contribution >= 4 is 5.69 Å². The van der Waals surface area contributed by atoms with Crippen molar-refractivity contribution < 1.29 is 5.11 Å². The van der Waals surface area contributed by atoms with Gasteiger partial charge in [0.2, 0.25) is 0 Å². The molecule has 2 atom stereocenters. The average molecular weight is 245 g/mol. The number of hydrogen-bond donors (Lipinski definition) is 2. The molecule has 4 nitrogen and oxygen atoms in total. The molecular formula is C14H19N3O. The van der Waals surface area contributed by atoms with Gasteiger partial charge in [0.15, 0.2) is 0 Å². The van der Waals surface area contributed by atoms with Crippen LogP contribution in [0.5, 0.6) is 0 Å². The molecule has 0 radical (unpaired) electrons. The fourth-order valence-electron chi connectivity index (χ4n) is 2.43. The van der Waals surface area contributed by atoms with Crippen molar-refractivity contribution in [3.8, 4) is 6.07 Å². The number of rotatable bonds is 2. The highest BCUT2D eigenvalue weighted by molar-refractivity contribution is 5.60. The Kier molecular flexibility index (Phi) is 3.85. The van der Waals surface area contributed by atoms with Crippen LogP contribution in [0.3, 0.4) is 0 Å². The lowest BCUT2D eigenvalue weighted by molar-refractivity contribution is 0.0971.